The Labute approximate surface area is 107 Å². The van der Waals surface area contributed by atoms with Crippen molar-refractivity contribution in [3.05, 3.63) is 58.9 Å². The molecule has 0 saturated carbocycles. The van der Waals surface area contributed by atoms with E-state index in [4.69, 9.17) is 0 Å². The Morgan fingerprint density at radius 2 is 1.95 bits per heavy atom. The molecule has 2 aromatic rings. The van der Waals surface area contributed by atoms with Gasteiger partial charge in [-0.05, 0) is 18.2 Å². The van der Waals surface area contributed by atoms with E-state index in [9.17, 15) is 18.4 Å². The Hall–Kier alpha value is -2.50. The van der Waals surface area contributed by atoms with Crippen LogP contribution >= 0.6 is 0 Å². The van der Waals surface area contributed by atoms with Crippen LogP contribution in [0.15, 0.2) is 30.5 Å². The lowest BCUT2D eigenvalue weighted by atomic mass is 10.1. The fourth-order valence-electron chi connectivity index (χ4n) is 1.62. The van der Waals surface area contributed by atoms with Gasteiger partial charge in [-0.15, -0.1) is 0 Å². The number of H-pyrrole nitrogens is 1. The second kappa shape index (κ2) is 5.01. The summed E-state index contributed by atoms with van der Waals surface area (Å²) in [6.07, 6.45) is 1.30. The fraction of sp³-hybridized carbons (Fsp3) is 0.0769. The molecule has 1 aromatic carbocycles. The minimum Gasteiger partial charge on any atom is -0.356 e. The molecule has 2 rings (SSSR count). The number of halogens is 2. The Morgan fingerprint density at radius 3 is 2.58 bits per heavy atom. The van der Waals surface area contributed by atoms with Gasteiger partial charge in [0.1, 0.15) is 17.3 Å². The molecule has 2 N–H and O–H groups in total. The summed E-state index contributed by atoms with van der Waals surface area (Å²) in [5.41, 5.74) is 0.0707. The minimum atomic E-state index is -0.937. The number of ketones is 1. The van der Waals surface area contributed by atoms with Crippen molar-refractivity contribution in [1.82, 2.24) is 10.3 Å². The van der Waals surface area contributed by atoms with Gasteiger partial charge in [0.15, 0.2) is 5.78 Å². The Kier molecular flexibility index (Phi) is 3.41. The molecule has 4 nitrogen and oxygen atoms in total. The Morgan fingerprint density at radius 1 is 1.21 bits per heavy atom. The summed E-state index contributed by atoms with van der Waals surface area (Å²) in [6, 6.07) is 4.02. The van der Waals surface area contributed by atoms with Gasteiger partial charge in [-0.3, -0.25) is 9.59 Å². The first kappa shape index (κ1) is 12.9. The van der Waals surface area contributed by atoms with E-state index in [0.29, 0.717) is 6.07 Å². The minimum absolute atomic E-state index is 0.129. The summed E-state index contributed by atoms with van der Waals surface area (Å²) in [5, 5.41) is 2.39. The predicted octanol–water partition coefficient (Wildman–Crippen LogP) is 1.88. The zero-order valence-electron chi connectivity index (χ0n) is 9.96. The summed E-state index contributed by atoms with van der Waals surface area (Å²) < 4.78 is 26.2. The van der Waals surface area contributed by atoms with Gasteiger partial charge in [-0.2, -0.15) is 0 Å². The molecule has 0 spiro atoms. The number of rotatable bonds is 3. The van der Waals surface area contributed by atoms with Crippen LogP contribution in [0.25, 0.3) is 0 Å². The Balaban J connectivity index is 2.34. The second-order valence-corrected chi connectivity index (χ2v) is 3.83. The first-order valence-electron chi connectivity index (χ1n) is 5.43. The molecule has 0 unspecified atom stereocenters. The third kappa shape index (κ3) is 2.52. The summed E-state index contributed by atoms with van der Waals surface area (Å²) in [6.45, 7) is 0. The maximum Gasteiger partial charge on any atom is 0.267 e. The molecule has 0 aliphatic heterocycles. The lowest BCUT2D eigenvalue weighted by Crippen LogP contribution is -2.17. The predicted molar refractivity (Wildman–Crippen MR) is 64.0 cm³/mol. The van der Waals surface area contributed by atoms with Crippen molar-refractivity contribution in [2.75, 3.05) is 7.05 Å². The van der Waals surface area contributed by atoms with E-state index in [1.54, 1.807) is 0 Å². The number of benzene rings is 1. The van der Waals surface area contributed by atoms with Gasteiger partial charge >= 0.3 is 0 Å². The van der Waals surface area contributed by atoms with Crippen LogP contribution in [0.4, 0.5) is 8.78 Å². The van der Waals surface area contributed by atoms with Crippen molar-refractivity contribution >= 4 is 11.7 Å². The normalized spacial score (nSPS) is 10.3. The highest BCUT2D eigenvalue weighted by molar-refractivity contribution is 6.10. The molecule has 1 heterocycles. The Bertz CT molecular complexity index is 650. The maximum atomic E-state index is 13.5. The van der Waals surface area contributed by atoms with Gasteiger partial charge in [0.2, 0.25) is 0 Å². The highest BCUT2D eigenvalue weighted by Gasteiger charge is 2.17. The van der Waals surface area contributed by atoms with Crippen LogP contribution in [0.3, 0.4) is 0 Å². The van der Waals surface area contributed by atoms with E-state index in [2.05, 4.69) is 10.3 Å². The molecule has 0 aliphatic rings. The van der Waals surface area contributed by atoms with Crippen LogP contribution in [0.5, 0.6) is 0 Å². The number of hydrogen-bond donors (Lipinski definition) is 2. The summed E-state index contributed by atoms with van der Waals surface area (Å²) in [4.78, 5) is 25.9. The number of carbonyl (C=O) groups is 2. The van der Waals surface area contributed by atoms with Crippen LogP contribution in [-0.4, -0.2) is 23.7 Å². The maximum absolute atomic E-state index is 13.5. The average molecular weight is 264 g/mol. The van der Waals surface area contributed by atoms with E-state index in [-0.39, 0.29) is 16.8 Å². The molecule has 1 amide bonds. The van der Waals surface area contributed by atoms with Crippen LogP contribution in [0, 0.1) is 11.6 Å². The van der Waals surface area contributed by atoms with Gasteiger partial charge in [0.05, 0.1) is 5.56 Å². The van der Waals surface area contributed by atoms with Crippen LogP contribution < -0.4 is 5.32 Å². The SMILES string of the molecule is CNC(=O)c1cc(C(=O)c2ccc(F)cc2F)c[nH]1. The van der Waals surface area contributed by atoms with Crippen molar-refractivity contribution < 1.29 is 18.4 Å². The molecule has 0 aliphatic carbocycles. The monoisotopic (exact) mass is 264 g/mol. The van der Waals surface area contributed by atoms with Gasteiger partial charge in [-0.25, -0.2) is 8.78 Å². The van der Waals surface area contributed by atoms with Crippen molar-refractivity contribution in [1.29, 1.82) is 0 Å². The number of aromatic nitrogens is 1. The first-order chi connectivity index (χ1) is 9.02. The fourth-order valence-corrected chi connectivity index (χ4v) is 1.62. The molecule has 19 heavy (non-hydrogen) atoms. The highest BCUT2D eigenvalue weighted by Crippen LogP contribution is 2.15. The van der Waals surface area contributed by atoms with Crippen molar-refractivity contribution in [3.63, 3.8) is 0 Å². The third-order valence-electron chi connectivity index (χ3n) is 2.59. The third-order valence-corrected chi connectivity index (χ3v) is 2.59. The van der Waals surface area contributed by atoms with Gasteiger partial charge in [0.25, 0.3) is 5.91 Å². The van der Waals surface area contributed by atoms with Crippen molar-refractivity contribution in [2.24, 2.45) is 0 Å². The standard InChI is InChI=1S/C13H10F2N2O2/c1-16-13(19)11-4-7(6-17-11)12(18)9-3-2-8(14)5-10(9)15/h2-6,17H,1H3,(H,16,19). The summed E-state index contributed by atoms with van der Waals surface area (Å²) in [7, 11) is 1.45. The quantitative estimate of drug-likeness (QED) is 0.831. The lowest BCUT2D eigenvalue weighted by molar-refractivity contribution is 0.0958. The molecular formula is C13H10F2N2O2. The van der Waals surface area contributed by atoms with Crippen molar-refractivity contribution in [3.8, 4) is 0 Å². The zero-order chi connectivity index (χ0) is 14.0. The lowest BCUT2D eigenvalue weighted by Gasteiger charge is -2.00. The molecule has 6 heteroatoms. The molecule has 0 fully saturated rings. The zero-order valence-corrected chi connectivity index (χ0v) is 9.96. The topological polar surface area (TPSA) is 62.0 Å². The molecule has 0 saturated heterocycles. The van der Waals surface area contributed by atoms with E-state index in [1.807, 2.05) is 0 Å². The molecule has 0 radical (unpaired) electrons. The van der Waals surface area contributed by atoms with E-state index < -0.39 is 23.3 Å². The van der Waals surface area contributed by atoms with E-state index in [0.717, 1.165) is 12.1 Å². The first-order valence-corrected chi connectivity index (χ1v) is 5.43. The van der Waals surface area contributed by atoms with E-state index in [1.165, 1.54) is 19.3 Å². The summed E-state index contributed by atoms with van der Waals surface area (Å²) in [5.74, 6) is -2.70. The second-order valence-electron chi connectivity index (χ2n) is 3.83. The van der Waals surface area contributed by atoms with E-state index >= 15 is 0 Å². The number of nitrogens with one attached hydrogen (secondary N) is 2. The van der Waals surface area contributed by atoms with Gasteiger partial charge in [-0.1, -0.05) is 0 Å². The smallest absolute Gasteiger partial charge is 0.267 e. The van der Waals surface area contributed by atoms with Gasteiger partial charge in [0, 0.05) is 24.9 Å². The average Bonchev–Trinajstić information content (AvgIpc) is 2.86. The highest BCUT2D eigenvalue weighted by atomic mass is 19.1. The van der Waals surface area contributed by atoms with Crippen molar-refractivity contribution in [2.45, 2.75) is 0 Å². The number of carbonyl (C=O) groups excluding carboxylic acids is 2. The van der Waals surface area contributed by atoms with Gasteiger partial charge < -0.3 is 10.3 Å². The molecule has 0 atom stereocenters. The molecular weight excluding hydrogens is 254 g/mol. The number of amides is 1. The molecule has 98 valence electrons. The molecule has 1 aromatic heterocycles. The van der Waals surface area contributed by atoms with Crippen LogP contribution in [0.1, 0.15) is 26.4 Å². The number of aromatic amines is 1. The van der Waals surface area contributed by atoms with Crippen LogP contribution in [0.2, 0.25) is 0 Å². The number of hydrogen-bond acceptors (Lipinski definition) is 2. The summed E-state index contributed by atoms with van der Waals surface area (Å²) >= 11 is 0. The van der Waals surface area contributed by atoms with Crippen LogP contribution in [-0.2, 0) is 0 Å². The largest absolute Gasteiger partial charge is 0.356 e. The molecule has 0 bridgehead atoms.